The van der Waals surface area contributed by atoms with E-state index in [1.54, 1.807) is 6.07 Å². The van der Waals surface area contributed by atoms with Gasteiger partial charge >= 0.3 is 0 Å². The number of amides is 1. The van der Waals surface area contributed by atoms with Gasteiger partial charge in [-0.05, 0) is 57.9 Å². The highest BCUT2D eigenvalue weighted by Gasteiger charge is 2.10. The van der Waals surface area contributed by atoms with E-state index in [9.17, 15) is 4.79 Å². The van der Waals surface area contributed by atoms with Gasteiger partial charge in [0.25, 0.3) is 5.91 Å². The van der Waals surface area contributed by atoms with Crippen LogP contribution in [0.3, 0.4) is 0 Å². The number of hydrogen-bond donors (Lipinski definition) is 2. The van der Waals surface area contributed by atoms with Gasteiger partial charge in [-0.2, -0.15) is 0 Å². The molecule has 122 valence electrons. The molecule has 25 heavy (non-hydrogen) atoms. The van der Waals surface area contributed by atoms with E-state index in [0.717, 1.165) is 26.9 Å². The maximum Gasteiger partial charge on any atom is 0.256 e. The molecular formula is C21H15BrN2O. The van der Waals surface area contributed by atoms with Crippen LogP contribution in [-0.4, -0.2) is 10.9 Å². The van der Waals surface area contributed by atoms with E-state index in [4.69, 9.17) is 0 Å². The third-order valence-corrected chi connectivity index (χ3v) is 4.79. The zero-order valence-corrected chi connectivity index (χ0v) is 14.9. The van der Waals surface area contributed by atoms with Gasteiger partial charge in [-0.1, -0.05) is 42.5 Å². The van der Waals surface area contributed by atoms with Gasteiger partial charge in [-0.3, -0.25) is 4.79 Å². The van der Waals surface area contributed by atoms with Crippen molar-refractivity contribution in [3.63, 3.8) is 0 Å². The predicted octanol–water partition coefficient (Wildman–Crippen LogP) is 5.85. The maximum absolute atomic E-state index is 12.4. The van der Waals surface area contributed by atoms with Crippen LogP contribution in [0.2, 0.25) is 0 Å². The molecule has 0 radical (unpaired) electrons. The highest BCUT2D eigenvalue weighted by molar-refractivity contribution is 9.10. The number of para-hydroxylation sites is 1. The molecule has 0 saturated carbocycles. The number of hydrogen-bond acceptors (Lipinski definition) is 1. The molecule has 4 aromatic rings. The predicted molar refractivity (Wildman–Crippen MR) is 106 cm³/mol. The minimum absolute atomic E-state index is 0.133. The fourth-order valence-corrected chi connectivity index (χ4v) is 3.27. The Kier molecular flexibility index (Phi) is 4.12. The van der Waals surface area contributed by atoms with Crippen molar-refractivity contribution < 1.29 is 4.79 Å². The van der Waals surface area contributed by atoms with E-state index in [-0.39, 0.29) is 5.91 Å². The van der Waals surface area contributed by atoms with E-state index in [0.29, 0.717) is 5.56 Å². The van der Waals surface area contributed by atoms with E-state index in [1.807, 2.05) is 54.6 Å². The molecule has 0 unspecified atom stereocenters. The number of nitrogens with one attached hydrogen (secondary N) is 2. The molecule has 1 amide bonds. The van der Waals surface area contributed by atoms with Gasteiger partial charge in [-0.25, -0.2) is 0 Å². The van der Waals surface area contributed by atoms with Crippen LogP contribution in [0.4, 0.5) is 5.69 Å². The highest BCUT2D eigenvalue weighted by atomic mass is 79.9. The number of H-pyrrole nitrogens is 1. The summed E-state index contributed by atoms with van der Waals surface area (Å²) in [6.45, 7) is 0. The molecule has 0 aliphatic carbocycles. The number of anilines is 1. The number of aromatic amines is 1. The second kappa shape index (κ2) is 6.57. The zero-order chi connectivity index (χ0) is 17.2. The molecule has 0 saturated heterocycles. The average molecular weight is 391 g/mol. The third-order valence-electron chi connectivity index (χ3n) is 4.10. The molecule has 0 bridgehead atoms. The van der Waals surface area contributed by atoms with Crippen molar-refractivity contribution >= 4 is 38.4 Å². The Hall–Kier alpha value is -2.85. The fourth-order valence-electron chi connectivity index (χ4n) is 2.81. The SMILES string of the molecule is O=C(Nc1ccc(-c2cc3ccccc3[nH]2)cc1)c1ccccc1Br. The number of halogens is 1. The Balaban J connectivity index is 1.56. The largest absolute Gasteiger partial charge is 0.355 e. The Bertz CT molecular complexity index is 1020. The normalized spacial score (nSPS) is 10.8. The first-order chi connectivity index (χ1) is 12.2. The fraction of sp³-hybridized carbons (Fsp3) is 0. The highest BCUT2D eigenvalue weighted by Crippen LogP contribution is 2.25. The van der Waals surface area contributed by atoms with Crippen molar-refractivity contribution in [2.24, 2.45) is 0 Å². The Morgan fingerprint density at radius 3 is 2.36 bits per heavy atom. The van der Waals surface area contributed by atoms with Gasteiger partial charge in [-0.15, -0.1) is 0 Å². The maximum atomic E-state index is 12.4. The van der Waals surface area contributed by atoms with E-state index < -0.39 is 0 Å². The first-order valence-electron chi connectivity index (χ1n) is 7.95. The van der Waals surface area contributed by atoms with Gasteiger partial charge in [0.1, 0.15) is 0 Å². The average Bonchev–Trinajstić information content (AvgIpc) is 3.07. The van der Waals surface area contributed by atoms with Crippen LogP contribution in [0.25, 0.3) is 22.2 Å². The summed E-state index contributed by atoms with van der Waals surface area (Å²) in [6, 6.07) is 25.5. The van der Waals surface area contributed by atoms with Gasteiger partial charge in [0.2, 0.25) is 0 Å². The summed E-state index contributed by atoms with van der Waals surface area (Å²) in [4.78, 5) is 15.8. The van der Waals surface area contributed by atoms with Gasteiger partial charge in [0.15, 0.2) is 0 Å². The summed E-state index contributed by atoms with van der Waals surface area (Å²) < 4.78 is 0.780. The van der Waals surface area contributed by atoms with Gasteiger partial charge in [0, 0.05) is 26.8 Å². The lowest BCUT2D eigenvalue weighted by Gasteiger charge is -2.07. The molecule has 1 heterocycles. The van der Waals surface area contributed by atoms with Crippen LogP contribution in [0.5, 0.6) is 0 Å². The van der Waals surface area contributed by atoms with Crippen LogP contribution in [0.1, 0.15) is 10.4 Å². The molecule has 4 heteroatoms. The van der Waals surface area contributed by atoms with Crippen molar-refractivity contribution in [2.75, 3.05) is 5.32 Å². The molecule has 0 fully saturated rings. The summed E-state index contributed by atoms with van der Waals surface area (Å²) in [5.74, 6) is -0.133. The molecular weight excluding hydrogens is 376 g/mol. The molecule has 0 atom stereocenters. The molecule has 1 aromatic heterocycles. The van der Waals surface area contributed by atoms with Crippen molar-refractivity contribution in [2.45, 2.75) is 0 Å². The summed E-state index contributed by atoms with van der Waals surface area (Å²) in [5.41, 5.74) is 4.63. The molecule has 3 nitrogen and oxygen atoms in total. The monoisotopic (exact) mass is 390 g/mol. The Morgan fingerprint density at radius 1 is 0.880 bits per heavy atom. The molecule has 0 aliphatic rings. The molecule has 4 rings (SSSR count). The summed E-state index contributed by atoms with van der Waals surface area (Å²) in [7, 11) is 0. The lowest BCUT2D eigenvalue weighted by molar-refractivity contribution is 0.102. The number of fused-ring (bicyclic) bond motifs is 1. The number of carbonyl (C=O) groups is 1. The summed E-state index contributed by atoms with van der Waals surface area (Å²) in [6.07, 6.45) is 0. The number of aromatic nitrogens is 1. The molecule has 0 spiro atoms. The zero-order valence-electron chi connectivity index (χ0n) is 13.3. The van der Waals surface area contributed by atoms with Crippen LogP contribution in [-0.2, 0) is 0 Å². The lowest BCUT2D eigenvalue weighted by atomic mass is 10.1. The van der Waals surface area contributed by atoms with E-state index in [1.165, 1.54) is 5.39 Å². The van der Waals surface area contributed by atoms with Crippen molar-refractivity contribution in [3.05, 3.63) is 88.9 Å². The molecule has 2 N–H and O–H groups in total. The van der Waals surface area contributed by atoms with Gasteiger partial charge < -0.3 is 10.3 Å². The smallest absolute Gasteiger partial charge is 0.256 e. The minimum atomic E-state index is -0.133. The van der Waals surface area contributed by atoms with Crippen molar-refractivity contribution in [1.29, 1.82) is 0 Å². The number of carbonyl (C=O) groups excluding carboxylic acids is 1. The van der Waals surface area contributed by atoms with Crippen molar-refractivity contribution in [1.82, 2.24) is 4.98 Å². The van der Waals surface area contributed by atoms with Crippen LogP contribution >= 0.6 is 15.9 Å². The standard InChI is InChI=1S/C21H15BrN2O/c22-18-7-3-2-6-17(18)21(25)23-16-11-9-14(10-12-16)20-13-15-5-1-4-8-19(15)24-20/h1-13,24H,(H,23,25). The van der Waals surface area contributed by atoms with E-state index >= 15 is 0 Å². The van der Waals surface area contributed by atoms with E-state index in [2.05, 4.69) is 44.4 Å². The molecule has 0 aliphatic heterocycles. The second-order valence-electron chi connectivity index (χ2n) is 5.78. The van der Waals surface area contributed by atoms with Crippen molar-refractivity contribution in [3.8, 4) is 11.3 Å². The van der Waals surface area contributed by atoms with Crippen LogP contribution in [0.15, 0.2) is 83.3 Å². The van der Waals surface area contributed by atoms with Gasteiger partial charge in [0.05, 0.1) is 5.56 Å². The van der Waals surface area contributed by atoms with Crippen LogP contribution in [0, 0.1) is 0 Å². The first-order valence-corrected chi connectivity index (χ1v) is 8.74. The quantitative estimate of drug-likeness (QED) is 0.452. The third kappa shape index (κ3) is 3.21. The Labute approximate surface area is 153 Å². The Morgan fingerprint density at radius 2 is 1.60 bits per heavy atom. The lowest BCUT2D eigenvalue weighted by Crippen LogP contribution is -2.12. The summed E-state index contributed by atoms with van der Waals surface area (Å²) >= 11 is 3.40. The second-order valence-corrected chi connectivity index (χ2v) is 6.64. The molecule has 3 aromatic carbocycles. The van der Waals surface area contributed by atoms with Crippen LogP contribution < -0.4 is 5.32 Å². The topological polar surface area (TPSA) is 44.9 Å². The summed E-state index contributed by atoms with van der Waals surface area (Å²) in [5, 5.41) is 4.11. The minimum Gasteiger partial charge on any atom is -0.355 e. The number of rotatable bonds is 3. The number of benzene rings is 3. The first kappa shape index (κ1) is 15.7.